The van der Waals surface area contributed by atoms with Crippen LogP contribution in [-0.4, -0.2) is 47.1 Å². The molecule has 150 valence electrons. The molecule has 1 rings (SSSR count). The Balaban J connectivity index is 2.99. The molecule has 0 aromatic heterocycles. The number of hydrogen-bond donors (Lipinski definition) is 5. The third kappa shape index (κ3) is 7.76. The number of nitrogens with one attached hydrogen (secondary N) is 3. The molecule has 6 N–H and O–H groups in total. The van der Waals surface area contributed by atoms with Gasteiger partial charge in [0.25, 0.3) is 0 Å². The maximum Gasteiger partial charge on any atom is 0.242 e. The normalized spacial score (nSPS) is 14.3. The van der Waals surface area contributed by atoms with E-state index in [1.807, 2.05) is 38.1 Å². The lowest BCUT2D eigenvalue weighted by Gasteiger charge is -2.25. The fourth-order valence-corrected chi connectivity index (χ4v) is 2.68. The van der Waals surface area contributed by atoms with Crippen molar-refractivity contribution in [2.75, 3.05) is 0 Å². The Morgan fingerprint density at radius 2 is 1.70 bits per heavy atom. The SMILES string of the molecule is CC(=O)NCc1ccccc1C[C@H](NC(C)C)C(=O)NC(C(N)=O)C(C)O. The standard InChI is InChI=1S/C19H30N4O4/c1-11(2)22-16(19(27)23-17(12(3)24)18(20)26)9-14-7-5-6-8-15(14)10-21-13(4)25/h5-8,11-12,16-17,22,24H,9-10H2,1-4H3,(H2,20,26)(H,21,25)(H,23,27)/t12?,16-,17?/m0/s1. The van der Waals surface area contributed by atoms with Gasteiger partial charge in [-0.3, -0.25) is 14.4 Å². The van der Waals surface area contributed by atoms with Gasteiger partial charge in [0.1, 0.15) is 6.04 Å². The van der Waals surface area contributed by atoms with Gasteiger partial charge in [-0.1, -0.05) is 38.1 Å². The van der Waals surface area contributed by atoms with Crippen LogP contribution >= 0.6 is 0 Å². The molecule has 0 aliphatic rings. The summed E-state index contributed by atoms with van der Waals surface area (Å²) >= 11 is 0. The number of primary amides is 1. The van der Waals surface area contributed by atoms with E-state index in [1.54, 1.807) is 0 Å². The van der Waals surface area contributed by atoms with Gasteiger partial charge in [0, 0.05) is 19.5 Å². The minimum Gasteiger partial charge on any atom is -0.391 e. The molecule has 1 aromatic rings. The first-order valence-electron chi connectivity index (χ1n) is 8.96. The van der Waals surface area contributed by atoms with E-state index >= 15 is 0 Å². The molecule has 8 nitrogen and oxygen atoms in total. The van der Waals surface area contributed by atoms with Crippen LogP contribution in [0.15, 0.2) is 24.3 Å². The minimum atomic E-state index is -1.16. The van der Waals surface area contributed by atoms with Gasteiger partial charge in [-0.25, -0.2) is 0 Å². The Morgan fingerprint density at radius 3 is 2.19 bits per heavy atom. The van der Waals surface area contributed by atoms with Crippen LogP contribution in [0.2, 0.25) is 0 Å². The van der Waals surface area contributed by atoms with Gasteiger partial charge >= 0.3 is 0 Å². The molecule has 0 aliphatic carbocycles. The monoisotopic (exact) mass is 378 g/mol. The molecule has 0 bridgehead atoms. The van der Waals surface area contributed by atoms with Crippen LogP contribution in [0.25, 0.3) is 0 Å². The third-order valence-electron chi connectivity index (χ3n) is 4.01. The van der Waals surface area contributed by atoms with E-state index in [0.29, 0.717) is 13.0 Å². The molecule has 3 atom stereocenters. The molecule has 0 saturated heterocycles. The van der Waals surface area contributed by atoms with Crippen molar-refractivity contribution in [2.45, 2.75) is 64.9 Å². The lowest BCUT2D eigenvalue weighted by atomic mass is 9.98. The number of carbonyl (C=O) groups excluding carboxylic acids is 3. The average Bonchev–Trinajstić information content (AvgIpc) is 2.56. The molecule has 0 fully saturated rings. The summed E-state index contributed by atoms with van der Waals surface area (Å²) in [6.07, 6.45) is -0.747. The summed E-state index contributed by atoms with van der Waals surface area (Å²) < 4.78 is 0. The van der Waals surface area contributed by atoms with Crippen molar-refractivity contribution in [1.29, 1.82) is 0 Å². The zero-order valence-corrected chi connectivity index (χ0v) is 16.3. The van der Waals surface area contributed by atoms with Crippen molar-refractivity contribution >= 4 is 17.7 Å². The Hall–Kier alpha value is -2.45. The lowest BCUT2D eigenvalue weighted by Crippen LogP contribution is -2.57. The van der Waals surface area contributed by atoms with Crippen LogP contribution in [-0.2, 0) is 27.3 Å². The van der Waals surface area contributed by atoms with Crippen LogP contribution in [0, 0.1) is 0 Å². The quantitative estimate of drug-likeness (QED) is 0.377. The minimum absolute atomic E-state index is 0.0156. The summed E-state index contributed by atoms with van der Waals surface area (Å²) in [5.74, 6) is -1.36. The number of rotatable bonds is 10. The zero-order valence-electron chi connectivity index (χ0n) is 16.3. The summed E-state index contributed by atoms with van der Waals surface area (Å²) in [7, 11) is 0. The number of carbonyl (C=O) groups is 3. The zero-order chi connectivity index (χ0) is 20.6. The third-order valence-corrected chi connectivity index (χ3v) is 4.01. The topological polar surface area (TPSA) is 134 Å². The molecule has 1 aromatic carbocycles. The predicted octanol–water partition coefficient (Wildman–Crippen LogP) is -0.417. The Kier molecular flexibility index (Phi) is 8.90. The molecule has 8 heteroatoms. The summed E-state index contributed by atoms with van der Waals surface area (Å²) in [5, 5.41) is 18.1. The first-order chi connectivity index (χ1) is 12.6. The Bertz CT molecular complexity index is 661. The number of amides is 3. The van der Waals surface area contributed by atoms with Gasteiger partial charge < -0.3 is 26.8 Å². The van der Waals surface area contributed by atoms with E-state index in [4.69, 9.17) is 5.73 Å². The smallest absolute Gasteiger partial charge is 0.242 e. The molecular formula is C19H30N4O4. The highest BCUT2D eigenvalue weighted by molar-refractivity contribution is 5.89. The van der Waals surface area contributed by atoms with Crippen LogP contribution in [0.3, 0.4) is 0 Å². The summed E-state index contributed by atoms with van der Waals surface area (Å²) in [6.45, 7) is 7.01. The highest BCUT2D eigenvalue weighted by atomic mass is 16.3. The second-order valence-electron chi connectivity index (χ2n) is 6.89. The van der Waals surface area contributed by atoms with Crippen LogP contribution in [0.1, 0.15) is 38.8 Å². The highest BCUT2D eigenvalue weighted by Gasteiger charge is 2.28. The van der Waals surface area contributed by atoms with Crippen molar-refractivity contribution in [3.8, 4) is 0 Å². The fourth-order valence-electron chi connectivity index (χ4n) is 2.68. The van der Waals surface area contributed by atoms with Gasteiger partial charge in [-0.05, 0) is 24.5 Å². The van der Waals surface area contributed by atoms with E-state index in [1.165, 1.54) is 13.8 Å². The average molecular weight is 378 g/mol. The van der Waals surface area contributed by atoms with Crippen LogP contribution in [0.4, 0.5) is 0 Å². The second kappa shape index (κ2) is 10.6. The van der Waals surface area contributed by atoms with Gasteiger partial charge in [0.05, 0.1) is 12.1 Å². The predicted molar refractivity (Wildman–Crippen MR) is 103 cm³/mol. The molecule has 3 amide bonds. The fraction of sp³-hybridized carbons (Fsp3) is 0.526. The van der Waals surface area contributed by atoms with Crippen molar-refractivity contribution in [3.05, 3.63) is 35.4 Å². The maximum absolute atomic E-state index is 12.7. The number of hydrogen-bond acceptors (Lipinski definition) is 5. The van der Waals surface area contributed by atoms with E-state index in [0.717, 1.165) is 11.1 Å². The largest absolute Gasteiger partial charge is 0.391 e. The number of benzene rings is 1. The van der Waals surface area contributed by atoms with E-state index in [-0.39, 0.29) is 11.9 Å². The Morgan fingerprint density at radius 1 is 1.11 bits per heavy atom. The van der Waals surface area contributed by atoms with E-state index in [2.05, 4.69) is 16.0 Å². The highest BCUT2D eigenvalue weighted by Crippen LogP contribution is 2.12. The van der Waals surface area contributed by atoms with E-state index in [9.17, 15) is 19.5 Å². The van der Waals surface area contributed by atoms with Crippen molar-refractivity contribution in [3.63, 3.8) is 0 Å². The molecule has 0 radical (unpaired) electrons. The van der Waals surface area contributed by atoms with Crippen molar-refractivity contribution < 1.29 is 19.5 Å². The molecule has 0 aliphatic heterocycles. The van der Waals surface area contributed by atoms with Crippen LogP contribution < -0.4 is 21.7 Å². The first-order valence-corrected chi connectivity index (χ1v) is 8.96. The first kappa shape index (κ1) is 22.6. The molecular weight excluding hydrogens is 348 g/mol. The maximum atomic E-state index is 12.7. The van der Waals surface area contributed by atoms with Crippen molar-refractivity contribution in [2.24, 2.45) is 5.73 Å². The van der Waals surface area contributed by atoms with Crippen LogP contribution in [0.5, 0.6) is 0 Å². The molecule has 27 heavy (non-hydrogen) atoms. The Labute approximate surface area is 159 Å². The summed E-state index contributed by atoms with van der Waals surface area (Å²) in [6, 6.07) is 5.72. The summed E-state index contributed by atoms with van der Waals surface area (Å²) in [5.41, 5.74) is 7.05. The molecule has 2 unspecified atom stereocenters. The van der Waals surface area contributed by atoms with Gasteiger partial charge in [-0.15, -0.1) is 0 Å². The molecule has 0 heterocycles. The van der Waals surface area contributed by atoms with E-state index < -0.39 is 30.0 Å². The molecule has 0 saturated carbocycles. The lowest BCUT2D eigenvalue weighted by molar-refractivity contribution is -0.130. The summed E-state index contributed by atoms with van der Waals surface area (Å²) in [4.78, 5) is 35.4. The number of aliphatic hydroxyl groups is 1. The molecule has 0 spiro atoms. The van der Waals surface area contributed by atoms with Gasteiger partial charge in [0.2, 0.25) is 17.7 Å². The van der Waals surface area contributed by atoms with Gasteiger partial charge in [0.15, 0.2) is 0 Å². The number of aliphatic hydroxyl groups excluding tert-OH is 1. The van der Waals surface area contributed by atoms with Crippen molar-refractivity contribution in [1.82, 2.24) is 16.0 Å². The van der Waals surface area contributed by atoms with Gasteiger partial charge in [-0.2, -0.15) is 0 Å². The number of nitrogens with two attached hydrogens (primary N) is 1. The second-order valence-corrected chi connectivity index (χ2v) is 6.89.